The molecule has 0 aromatic carbocycles. The lowest BCUT2D eigenvalue weighted by Crippen LogP contribution is -2.02. The summed E-state index contributed by atoms with van der Waals surface area (Å²) in [5.41, 5.74) is 6.97. The lowest BCUT2D eigenvalue weighted by molar-refractivity contribution is 0.112. The van der Waals surface area contributed by atoms with Gasteiger partial charge in [0.2, 0.25) is 0 Å². The summed E-state index contributed by atoms with van der Waals surface area (Å²) in [6, 6.07) is 3.56. The van der Waals surface area contributed by atoms with Gasteiger partial charge in [-0.05, 0) is 24.5 Å². The fourth-order valence-corrected chi connectivity index (χ4v) is 1.16. The van der Waals surface area contributed by atoms with Gasteiger partial charge in [0.1, 0.15) is 5.82 Å². The predicted molar refractivity (Wildman–Crippen MR) is 52.6 cm³/mol. The van der Waals surface area contributed by atoms with Crippen molar-refractivity contribution < 1.29 is 4.79 Å². The van der Waals surface area contributed by atoms with Crippen LogP contribution in [0, 0.1) is 5.92 Å². The normalized spacial score (nSPS) is 10.4. The first-order valence-corrected chi connectivity index (χ1v) is 4.34. The van der Waals surface area contributed by atoms with Gasteiger partial charge in [-0.2, -0.15) is 0 Å². The first kappa shape index (κ1) is 9.71. The van der Waals surface area contributed by atoms with Gasteiger partial charge in [0, 0.05) is 5.69 Å². The number of carbonyl (C=O) groups is 1. The third-order valence-corrected chi connectivity index (χ3v) is 1.76. The van der Waals surface area contributed by atoms with Crippen molar-refractivity contribution >= 4 is 12.1 Å². The molecule has 0 bridgehead atoms. The summed E-state index contributed by atoms with van der Waals surface area (Å²) in [6.07, 6.45) is 1.62. The van der Waals surface area contributed by atoms with Crippen molar-refractivity contribution in [3.63, 3.8) is 0 Å². The maximum Gasteiger partial charge on any atom is 0.153 e. The van der Waals surface area contributed by atoms with Gasteiger partial charge < -0.3 is 5.73 Å². The van der Waals surface area contributed by atoms with Crippen LogP contribution in [-0.4, -0.2) is 11.3 Å². The molecular formula is C10H14N2O. The Kier molecular flexibility index (Phi) is 3.01. The number of anilines is 1. The average Bonchev–Trinajstić information content (AvgIpc) is 2.03. The van der Waals surface area contributed by atoms with Crippen LogP contribution in [0.1, 0.15) is 29.9 Å². The van der Waals surface area contributed by atoms with E-state index in [2.05, 4.69) is 18.8 Å². The van der Waals surface area contributed by atoms with Crippen LogP contribution in [-0.2, 0) is 6.42 Å². The van der Waals surface area contributed by atoms with Crippen LogP contribution in [0.3, 0.4) is 0 Å². The molecule has 0 radical (unpaired) electrons. The fourth-order valence-electron chi connectivity index (χ4n) is 1.16. The number of hydrogen-bond acceptors (Lipinski definition) is 3. The SMILES string of the molecule is CC(C)Cc1ccc(C=O)c(N)n1. The fraction of sp³-hybridized carbons (Fsp3) is 0.400. The number of carbonyl (C=O) groups excluding carboxylic acids is 1. The first-order chi connectivity index (χ1) is 6.13. The van der Waals surface area contributed by atoms with Crippen molar-refractivity contribution in [3.8, 4) is 0 Å². The van der Waals surface area contributed by atoms with Crippen molar-refractivity contribution in [3.05, 3.63) is 23.4 Å². The number of aldehydes is 1. The standard InChI is InChI=1S/C10H14N2O/c1-7(2)5-9-4-3-8(6-13)10(11)12-9/h3-4,6-7H,5H2,1-2H3,(H2,11,12). The van der Waals surface area contributed by atoms with Crippen LogP contribution < -0.4 is 5.73 Å². The van der Waals surface area contributed by atoms with Crippen molar-refractivity contribution in [1.82, 2.24) is 4.98 Å². The highest BCUT2D eigenvalue weighted by atomic mass is 16.1. The van der Waals surface area contributed by atoms with Crippen LogP contribution in [0.2, 0.25) is 0 Å². The molecule has 3 heteroatoms. The molecule has 3 nitrogen and oxygen atoms in total. The lowest BCUT2D eigenvalue weighted by atomic mass is 10.1. The molecule has 1 rings (SSSR count). The third kappa shape index (κ3) is 2.54. The summed E-state index contributed by atoms with van der Waals surface area (Å²) in [4.78, 5) is 14.6. The second-order valence-corrected chi connectivity index (χ2v) is 3.49. The Morgan fingerprint density at radius 1 is 1.54 bits per heavy atom. The molecule has 13 heavy (non-hydrogen) atoms. The summed E-state index contributed by atoms with van der Waals surface area (Å²) in [6.45, 7) is 4.23. The number of rotatable bonds is 3. The molecule has 0 unspecified atom stereocenters. The third-order valence-electron chi connectivity index (χ3n) is 1.76. The molecule has 1 aromatic rings. The zero-order valence-electron chi connectivity index (χ0n) is 7.95. The molecule has 70 valence electrons. The monoisotopic (exact) mass is 178 g/mol. The van der Waals surface area contributed by atoms with Gasteiger partial charge in [-0.1, -0.05) is 13.8 Å². The minimum Gasteiger partial charge on any atom is -0.383 e. The number of nitrogens with zero attached hydrogens (tertiary/aromatic N) is 1. The molecule has 0 atom stereocenters. The molecule has 0 saturated heterocycles. The van der Waals surface area contributed by atoms with Crippen LogP contribution in [0.4, 0.5) is 5.82 Å². The van der Waals surface area contributed by atoms with Gasteiger partial charge >= 0.3 is 0 Å². The molecule has 0 amide bonds. The maximum atomic E-state index is 10.4. The van der Waals surface area contributed by atoms with Gasteiger partial charge in [-0.3, -0.25) is 4.79 Å². The topological polar surface area (TPSA) is 56.0 Å². The highest BCUT2D eigenvalue weighted by Gasteiger charge is 2.03. The van der Waals surface area contributed by atoms with Gasteiger partial charge in [-0.25, -0.2) is 4.98 Å². The minimum atomic E-state index is 0.327. The van der Waals surface area contributed by atoms with Crippen LogP contribution in [0.25, 0.3) is 0 Å². The van der Waals surface area contributed by atoms with E-state index < -0.39 is 0 Å². The summed E-state index contributed by atoms with van der Waals surface area (Å²) >= 11 is 0. The number of aromatic nitrogens is 1. The van der Waals surface area contributed by atoms with Gasteiger partial charge in [0.05, 0.1) is 5.56 Å². The second-order valence-electron chi connectivity index (χ2n) is 3.49. The molecule has 0 aliphatic carbocycles. The van der Waals surface area contributed by atoms with Crippen LogP contribution in [0.15, 0.2) is 12.1 Å². The Balaban J connectivity index is 2.89. The van der Waals surface area contributed by atoms with E-state index in [0.717, 1.165) is 18.4 Å². The molecule has 0 aliphatic heterocycles. The van der Waals surface area contributed by atoms with Crippen molar-refractivity contribution in [2.75, 3.05) is 5.73 Å². The van der Waals surface area contributed by atoms with E-state index in [4.69, 9.17) is 5.73 Å². The van der Waals surface area contributed by atoms with Gasteiger partial charge in [0.25, 0.3) is 0 Å². The maximum absolute atomic E-state index is 10.4. The summed E-state index contributed by atoms with van der Waals surface area (Å²) in [5, 5.41) is 0. The largest absolute Gasteiger partial charge is 0.383 e. The molecular weight excluding hydrogens is 164 g/mol. The minimum absolute atomic E-state index is 0.327. The smallest absolute Gasteiger partial charge is 0.153 e. The molecule has 2 N–H and O–H groups in total. The van der Waals surface area contributed by atoms with E-state index in [0.29, 0.717) is 17.3 Å². The zero-order chi connectivity index (χ0) is 9.84. The molecule has 0 spiro atoms. The summed E-state index contributed by atoms with van der Waals surface area (Å²) < 4.78 is 0. The van der Waals surface area contributed by atoms with E-state index in [1.807, 2.05) is 6.07 Å². The highest BCUT2D eigenvalue weighted by Crippen LogP contribution is 2.10. The van der Waals surface area contributed by atoms with Crippen LogP contribution >= 0.6 is 0 Å². The number of nitrogens with two attached hydrogens (primary N) is 1. The highest BCUT2D eigenvalue weighted by molar-refractivity contribution is 5.81. The average molecular weight is 178 g/mol. The first-order valence-electron chi connectivity index (χ1n) is 4.34. The van der Waals surface area contributed by atoms with E-state index in [1.54, 1.807) is 6.07 Å². The Labute approximate surface area is 78.0 Å². The molecule has 0 saturated carbocycles. The van der Waals surface area contributed by atoms with Gasteiger partial charge in [-0.15, -0.1) is 0 Å². The molecule has 1 heterocycles. The van der Waals surface area contributed by atoms with E-state index in [9.17, 15) is 4.79 Å². The number of nitrogen functional groups attached to an aromatic ring is 1. The molecule has 0 aliphatic rings. The Bertz CT molecular complexity index is 308. The number of hydrogen-bond donors (Lipinski definition) is 1. The Hall–Kier alpha value is -1.38. The summed E-state index contributed by atoms with van der Waals surface area (Å²) in [7, 11) is 0. The Morgan fingerprint density at radius 2 is 2.23 bits per heavy atom. The molecule has 0 fully saturated rings. The quantitative estimate of drug-likeness (QED) is 0.716. The zero-order valence-corrected chi connectivity index (χ0v) is 7.95. The van der Waals surface area contributed by atoms with E-state index >= 15 is 0 Å². The summed E-state index contributed by atoms with van der Waals surface area (Å²) in [5.74, 6) is 0.877. The second kappa shape index (κ2) is 4.03. The lowest BCUT2D eigenvalue weighted by Gasteiger charge is -2.05. The van der Waals surface area contributed by atoms with Crippen LogP contribution in [0.5, 0.6) is 0 Å². The predicted octanol–water partition coefficient (Wildman–Crippen LogP) is 1.67. The van der Waals surface area contributed by atoms with E-state index in [1.165, 1.54) is 0 Å². The molecule has 1 aromatic heterocycles. The van der Waals surface area contributed by atoms with Crippen molar-refractivity contribution in [2.24, 2.45) is 5.92 Å². The van der Waals surface area contributed by atoms with E-state index in [-0.39, 0.29) is 0 Å². The Morgan fingerprint density at radius 3 is 2.69 bits per heavy atom. The van der Waals surface area contributed by atoms with Crippen molar-refractivity contribution in [1.29, 1.82) is 0 Å². The van der Waals surface area contributed by atoms with Gasteiger partial charge in [0.15, 0.2) is 6.29 Å². The van der Waals surface area contributed by atoms with Crippen molar-refractivity contribution in [2.45, 2.75) is 20.3 Å². The number of pyridine rings is 1.